The Kier molecular flexibility index (Phi) is 6.21. The quantitative estimate of drug-likeness (QED) is 0.176. The van der Waals surface area contributed by atoms with Gasteiger partial charge in [0.05, 0.1) is 5.69 Å². The molecular formula is C10H17N7. The highest BCUT2D eigenvalue weighted by Crippen LogP contribution is 1.89. The van der Waals surface area contributed by atoms with Crippen molar-refractivity contribution >= 4 is 5.96 Å². The fourth-order valence-electron chi connectivity index (χ4n) is 1.23. The molecule has 0 saturated carbocycles. The monoisotopic (exact) mass is 235 g/mol. The highest BCUT2D eigenvalue weighted by atomic mass is 15.2. The van der Waals surface area contributed by atoms with Crippen molar-refractivity contribution in [2.75, 3.05) is 20.1 Å². The third-order valence-electron chi connectivity index (χ3n) is 2.06. The van der Waals surface area contributed by atoms with E-state index in [4.69, 9.17) is 5.26 Å². The van der Waals surface area contributed by atoms with Gasteiger partial charge in [-0.1, -0.05) is 0 Å². The summed E-state index contributed by atoms with van der Waals surface area (Å²) < 4.78 is 0. The predicted molar refractivity (Wildman–Crippen MR) is 65.0 cm³/mol. The topological polar surface area (TPSA) is 101 Å². The van der Waals surface area contributed by atoms with Crippen molar-refractivity contribution in [2.45, 2.75) is 13.0 Å². The van der Waals surface area contributed by atoms with Gasteiger partial charge in [0, 0.05) is 26.3 Å². The van der Waals surface area contributed by atoms with Crippen LogP contribution in [0.25, 0.3) is 0 Å². The van der Waals surface area contributed by atoms with Crippen molar-refractivity contribution < 1.29 is 0 Å². The first kappa shape index (κ1) is 13.0. The van der Waals surface area contributed by atoms with Gasteiger partial charge >= 0.3 is 0 Å². The summed E-state index contributed by atoms with van der Waals surface area (Å²) in [4.78, 5) is 4.18. The molecule has 1 heterocycles. The molecular weight excluding hydrogens is 218 g/mol. The molecule has 0 saturated heterocycles. The van der Waals surface area contributed by atoms with Crippen LogP contribution in [0.4, 0.5) is 0 Å². The second kappa shape index (κ2) is 8.13. The number of guanidine groups is 1. The molecule has 0 fully saturated rings. The van der Waals surface area contributed by atoms with Gasteiger partial charge in [0.25, 0.3) is 0 Å². The van der Waals surface area contributed by atoms with Crippen LogP contribution >= 0.6 is 0 Å². The maximum Gasteiger partial charge on any atom is 0.204 e. The molecule has 1 aromatic rings. The van der Waals surface area contributed by atoms with Gasteiger partial charge in [-0.15, -0.1) is 0 Å². The number of rotatable bonds is 6. The summed E-state index contributed by atoms with van der Waals surface area (Å²) in [5, 5.41) is 23.7. The third-order valence-corrected chi connectivity index (χ3v) is 2.06. The standard InChI is InChI=1S/C10H17N7/c1-12-10(15-8-11)14-5-2-4-13-7-9-3-6-16-17-9/h3,6,13H,2,4-5,7H2,1H3,(H,16,17)(H2,12,14,15). The summed E-state index contributed by atoms with van der Waals surface area (Å²) in [6.45, 7) is 2.28. The van der Waals surface area contributed by atoms with E-state index in [1.165, 1.54) is 0 Å². The van der Waals surface area contributed by atoms with E-state index in [1.807, 2.05) is 12.3 Å². The fraction of sp³-hybridized carbons (Fsp3) is 0.500. The third kappa shape index (κ3) is 5.53. The number of nitrogens with zero attached hydrogens (tertiary/aromatic N) is 3. The highest BCUT2D eigenvalue weighted by Gasteiger charge is 1.94. The second-order valence-electron chi connectivity index (χ2n) is 3.31. The minimum absolute atomic E-state index is 0.500. The van der Waals surface area contributed by atoms with Crippen molar-refractivity contribution in [3.05, 3.63) is 18.0 Å². The Morgan fingerprint density at radius 2 is 2.53 bits per heavy atom. The fourth-order valence-corrected chi connectivity index (χ4v) is 1.23. The number of hydrogen-bond donors (Lipinski definition) is 4. The molecule has 7 heteroatoms. The molecule has 0 amide bonds. The smallest absolute Gasteiger partial charge is 0.204 e. The summed E-state index contributed by atoms with van der Waals surface area (Å²) >= 11 is 0. The Hall–Kier alpha value is -2.07. The SMILES string of the molecule is CN/C(=N/CCCNCc1cc[nH]n1)NC#N. The molecule has 0 radical (unpaired) electrons. The van der Waals surface area contributed by atoms with Gasteiger partial charge in [0.15, 0.2) is 6.19 Å². The molecule has 1 rings (SSSR count). The summed E-state index contributed by atoms with van der Waals surface area (Å²) in [5.74, 6) is 0.500. The number of aromatic amines is 1. The van der Waals surface area contributed by atoms with Crippen LogP contribution in [0.15, 0.2) is 17.3 Å². The van der Waals surface area contributed by atoms with Crippen LogP contribution in [0.5, 0.6) is 0 Å². The van der Waals surface area contributed by atoms with Gasteiger partial charge in [0.1, 0.15) is 0 Å². The number of aliphatic imine (C=N–C) groups is 1. The highest BCUT2D eigenvalue weighted by molar-refractivity contribution is 5.80. The van der Waals surface area contributed by atoms with Crippen molar-refractivity contribution in [3.63, 3.8) is 0 Å². The van der Waals surface area contributed by atoms with Gasteiger partial charge in [0.2, 0.25) is 5.96 Å². The summed E-state index contributed by atoms with van der Waals surface area (Å²) in [6, 6.07) is 1.93. The number of nitriles is 1. The van der Waals surface area contributed by atoms with E-state index in [2.05, 4.69) is 31.1 Å². The van der Waals surface area contributed by atoms with Crippen molar-refractivity contribution in [1.29, 1.82) is 5.26 Å². The number of hydrogen-bond acceptors (Lipinski definition) is 4. The molecule has 0 spiro atoms. The number of aromatic nitrogens is 2. The van der Waals surface area contributed by atoms with E-state index in [9.17, 15) is 0 Å². The molecule has 92 valence electrons. The van der Waals surface area contributed by atoms with Gasteiger partial charge in [-0.2, -0.15) is 10.4 Å². The van der Waals surface area contributed by atoms with Crippen molar-refractivity contribution in [3.8, 4) is 6.19 Å². The second-order valence-corrected chi connectivity index (χ2v) is 3.31. The molecule has 4 N–H and O–H groups in total. The number of H-pyrrole nitrogens is 1. The van der Waals surface area contributed by atoms with Gasteiger partial charge in [-0.3, -0.25) is 15.4 Å². The first-order valence-corrected chi connectivity index (χ1v) is 5.43. The molecule has 0 bridgehead atoms. The van der Waals surface area contributed by atoms with Crippen LogP contribution in [-0.4, -0.2) is 36.3 Å². The normalized spacial score (nSPS) is 10.9. The maximum absolute atomic E-state index is 8.41. The summed E-state index contributed by atoms with van der Waals surface area (Å²) in [5.41, 5.74) is 0.996. The minimum atomic E-state index is 0.500. The largest absolute Gasteiger partial charge is 0.359 e. The zero-order chi connectivity index (χ0) is 12.3. The van der Waals surface area contributed by atoms with Crippen molar-refractivity contribution in [1.82, 2.24) is 26.1 Å². The first-order chi connectivity index (χ1) is 8.36. The summed E-state index contributed by atoms with van der Waals surface area (Å²) in [7, 11) is 1.72. The Morgan fingerprint density at radius 1 is 1.65 bits per heavy atom. The molecule has 7 nitrogen and oxygen atoms in total. The molecule has 1 aromatic heterocycles. The minimum Gasteiger partial charge on any atom is -0.359 e. The molecule has 0 aromatic carbocycles. The van der Waals surface area contributed by atoms with Gasteiger partial charge < -0.3 is 10.6 Å². The lowest BCUT2D eigenvalue weighted by Gasteiger charge is -2.03. The lowest BCUT2D eigenvalue weighted by atomic mass is 10.4. The van der Waals surface area contributed by atoms with E-state index >= 15 is 0 Å². The average Bonchev–Trinajstić information content (AvgIpc) is 2.85. The van der Waals surface area contributed by atoms with Crippen LogP contribution in [-0.2, 0) is 6.54 Å². The Morgan fingerprint density at radius 3 is 3.18 bits per heavy atom. The van der Waals surface area contributed by atoms with E-state index in [0.29, 0.717) is 12.5 Å². The van der Waals surface area contributed by atoms with Crippen LogP contribution < -0.4 is 16.0 Å². The first-order valence-electron chi connectivity index (χ1n) is 5.43. The summed E-state index contributed by atoms with van der Waals surface area (Å²) in [6.07, 6.45) is 4.52. The van der Waals surface area contributed by atoms with Crippen LogP contribution in [0.2, 0.25) is 0 Å². The zero-order valence-electron chi connectivity index (χ0n) is 9.82. The molecule has 0 unspecified atom stereocenters. The van der Waals surface area contributed by atoms with E-state index in [-0.39, 0.29) is 0 Å². The van der Waals surface area contributed by atoms with Crippen LogP contribution in [0.3, 0.4) is 0 Å². The molecule has 0 aliphatic carbocycles. The zero-order valence-corrected chi connectivity index (χ0v) is 9.82. The Balaban J connectivity index is 2.06. The maximum atomic E-state index is 8.41. The average molecular weight is 235 g/mol. The van der Waals surface area contributed by atoms with Crippen LogP contribution in [0.1, 0.15) is 12.1 Å². The number of nitrogens with one attached hydrogen (secondary N) is 4. The van der Waals surface area contributed by atoms with E-state index in [0.717, 1.165) is 25.2 Å². The molecule has 0 aliphatic rings. The van der Waals surface area contributed by atoms with E-state index < -0.39 is 0 Å². The predicted octanol–water partition coefficient (Wildman–Crippen LogP) is -0.465. The molecule has 0 aliphatic heterocycles. The van der Waals surface area contributed by atoms with Crippen molar-refractivity contribution in [2.24, 2.45) is 4.99 Å². The molecule has 0 atom stereocenters. The molecule has 17 heavy (non-hydrogen) atoms. The van der Waals surface area contributed by atoms with E-state index in [1.54, 1.807) is 13.2 Å². The van der Waals surface area contributed by atoms with Gasteiger partial charge in [-0.25, -0.2) is 0 Å². The lowest BCUT2D eigenvalue weighted by Crippen LogP contribution is -2.31. The van der Waals surface area contributed by atoms with Crippen LogP contribution in [0, 0.1) is 11.5 Å². The Labute approximate surface area is 100 Å². The van der Waals surface area contributed by atoms with Gasteiger partial charge in [-0.05, 0) is 19.0 Å². The Bertz CT molecular complexity index is 363. The lowest BCUT2D eigenvalue weighted by molar-refractivity contribution is 0.644.